The third-order valence-corrected chi connectivity index (χ3v) is 4.38. The second-order valence-electron chi connectivity index (χ2n) is 6.29. The van der Waals surface area contributed by atoms with Crippen LogP contribution in [0.2, 0.25) is 0 Å². The Morgan fingerprint density at radius 3 is 2.72 bits per heavy atom. The Morgan fingerprint density at radius 2 is 2.04 bits per heavy atom. The highest BCUT2D eigenvalue weighted by Crippen LogP contribution is 2.17. The number of piperidine rings is 1. The largest absolute Gasteiger partial charge is 0.494 e. The SMILES string of the molecule is CN(CCCOc1ccc(F)cc1)C(=O)CN1CCCCC1C(=O)O. The van der Waals surface area contributed by atoms with E-state index in [9.17, 15) is 19.1 Å². The van der Waals surface area contributed by atoms with Crippen molar-refractivity contribution in [3.8, 4) is 5.75 Å². The molecule has 1 aliphatic rings. The van der Waals surface area contributed by atoms with Crippen LogP contribution < -0.4 is 4.74 Å². The van der Waals surface area contributed by atoms with Gasteiger partial charge in [0.2, 0.25) is 5.91 Å². The Balaban J connectivity index is 1.70. The van der Waals surface area contributed by atoms with Crippen LogP contribution in [0.25, 0.3) is 0 Å². The summed E-state index contributed by atoms with van der Waals surface area (Å²) < 4.78 is 18.3. The first kappa shape index (κ1) is 19.2. The van der Waals surface area contributed by atoms with Crippen LogP contribution >= 0.6 is 0 Å². The van der Waals surface area contributed by atoms with Gasteiger partial charge in [-0.2, -0.15) is 0 Å². The molecule has 0 aliphatic carbocycles. The van der Waals surface area contributed by atoms with E-state index in [1.807, 2.05) is 0 Å². The molecule has 25 heavy (non-hydrogen) atoms. The number of carboxylic acids is 1. The number of benzene rings is 1. The number of halogens is 1. The van der Waals surface area contributed by atoms with Crippen molar-refractivity contribution in [1.82, 2.24) is 9.80 Å². The maximum absolute atomic E-state index is 12.8. The van der Waals surface area contributed by atoms with Crippen molar-refractivity contribution >= 4 is 11.9 Å². The number of likely N-dealkylation sites (N-methyl/N-ethyl adjacent to an activating group) is 1. The average molecular weight is 352 g/mol. The van der Waals surface area contributed by atoms with Gasteiger partial charge in [-0.3, -0.25) is 14.5 Å². The van der Waals surface area contributed by atoms with Gasteiger partial charge >= 0.3 is 5.97 Å². The lowest BCUT2D eigenvalue weighted by Gasteiger charge is -2.33. The number of amides is 1. The molecule has 0 radical (unpaired) electrons. The predicted octanol–water partition coefficient (Wildman–Crippen LogP) is 1.99. The molecular formula is C18H25FN2O4. The zero-order valence-electron chi connectivity index (χ0n) is 14.5. The van der Waals surface area contributed by atoms with Gasteiger partial charge in [-0.05, 0) is 50.1 Å². The summed E-state index contributed by atoms with van der Waals surface area (Å²) in [6.07, 6.45) is 3.05. The third kappa shape index (κ3) is 6.01. The van der Waals surface area contributed by atoms with E-state index in [2.05, 4.69) is 0 Å². The number of hydrogen-bond acceptors (Lipinski definition) is 4. The molecule has 2 rings (SSSR count). The number of nitrogens with zero attached hydrogens (tertiary/aromatic N) is 2. The monoisotopic (exact) mass is 352 g/mol. The van der Waals surface area contributed by atoms with Crippen LogP contribution in [0, 0.1) is 5.82 Å². The first-order chi connectivity index (χ1) is 12.0. The minimum atomic E-state index is -0.858. The summed E-state index contributed by atoms with van der Waals surface area (Å²) in [4.78, 5) is 26.9. The number of carbonyl (C=O) groups is 2. The first-order valence-electron chi connectivity index (χ1n) is 8.56. The minimum Gasteiger partial charge on any atom is -0.494 e. The van der Waals surface area contributed by atoms with Crippen molar-refractivity contribution in [1.29, 1.82) is 0 Å². The molecule has 1 unspecified atom stereocenters. The van der Waals surface area contributed by atoms with Crippen LogP contribution in [-0.4, -0.2) is 66.1 Å². The lowest BCUT2D eigenvalue weighted by Crippen LogP contribution is -2.49. The Kier molecular flexibility index (Phi) is 7.18. The molecule has 0 bridgehead atoms. The second kappa shape index (κ2) is 9.36. The Morgan fingerprint density at radius 1 is 1.32 bits per heavy atom. The van der Waals surface area contributed by atoms with Crippen molar-refractivity contribution in [3.63, 3.8) is 0 Å². The van der Waals surface area contributed by atoms with Crippen molar-refractivity contribution in [2.45, 2.75) is 31.7 Å². The highest BCUT2D eigenvalue weighted by Gasteiger charge is 2.30. The molecule has 138 valence electrons. The van der Waals surface area contributed by atoms with Crippen molar-refractivity contribution < 1.29 is 23.8 Å². The molecule has 1 fully saturated rings. The second-order valence-corrected chi connectivity index (χ2v) is 6.29. The Bertz CT molecular complexity index is 579. The number of hydrogen-bond donors (Lipinski definition) is 1. The fraction of sp³-hybridized carbons (Fsp3) is 0.556. The molecule has 1 aliphatic heterocycles. The van der Waals surface area contributed by atoms with Crippen LogP contribution in [0.15, 0.2) is 24.3 Å². The maximum Gasteiger partial charge on any atom is 0.320 e. The van der Waals surface area contributed by atoms with E-state index in [-0.39, 0.29) is 18.3 Å². The molecule has 1 amide bonds. The number of likely N-dealkylation sites (tertiary alicyclic amines) is 1. The summed E-state index contributed by atoms with van der Waals surface area (Å²) in [5.74, 6) is -0.666. The zero-order chi connectivity index (χ0) is 18.2. The lowest BCUT2D eigenvalue weighted by atomic mass is 10.0. The van der Waals surface area contributed by atoms with Crippen LogP contribution in [0.3, 0.4) is 0 Å². The van der Waals surface area contributed by atoms with Crippen molar-refractivity contribution in [3.05, 3.63) is 30.1 Å². The summed E-state index contributed by atoms with van der Waals surface area (Å²) in [6, 6.07) is 5.23. The topological polar surface area (TPSA) is 70.1 Å². The molecule has 1 saturated heterocycles. The van der Waals surface area contributed by atoms with E-state index in [0.717, 1.165) is 12.8 Å². The fourth-order valence-electron chi connectivity index (χ4n) is 2.90. The minimum absolute atomic E-state index is 0.0880. The Labute approximate surface area is 147 Å². The van der Waals surface area contributed by atoms with E-state index in [4.69, 9.17) is 4.74 Å². The van der Waals surface area contributed by atoms with Gasteiger partial charge in [0.25, 0.3) is 0 Å². The van der Waals surface area contributed by atoms with Gasteiger partial charge in [0.1, 0.15) is 17.6 Å². The van der Waals surface area contributed by atoms with E-state index in [1.54, 1.807) is 29.0 Å². The third-order valence-electron chi connectivity index (χ3n) is 4.38. The van der Waals surface area contributed by atoms with Crippen LogP contribution in [0.5, 0.6) is 5.75 Å². The van der Waals surface area contributed by atoms with Gasteiger partial charge in [-0.1, -0.05) is 6.42 Å². The highest BCUT2D eigenvalue weighted by atomic mass is 19.1. The van der Waals surface area contributed by atoms with Gasteiger partial charge in [-0.25, -0.2) is 4.39 Å². The molecule has 0 spiro atoms. The molecule has 1 heterocycles. The number of ether oxygens (including phenoxy) is 1. The van der Waals surface area contributed by atoms with Crippen LogP contribution in [-0.2, 0) is 9.59 Å². The first-order valence-corrected chi connectivity index (χ1v) is 8.56. The maximum atomic E-state index is 12.8. The molecule has 7 heteroatoms. The molecule has 6 nitrogen and oxygen atoms in total. The zero-order valence-corrected chi connectivity index (χ0v) is 14.5. The fourth-order valence-corrected chi connectivity index (χ4v) is 2.90. The molecule has 0 saturated carbocycles. The average Bonchev–Trinajstić information content (AvgIpc) is 2.60. The molecule has 1 atom stereocenters. The summed E-state index contributed by atoms with van der Waals surface area (Å²) in [6.45, 7) is 1.72. The molecule has 0 aromatic heterocycles. The van der Waals surface area contributed by atoms with Gasteiger partial charge in [0.15, 0.2) is 0 Å². The lowest BCUT2D eigenvalue weighted by molar-refractivity contribution is -0.146. The predicted molar refractivity (Wildman–Crippen MR) is 91.0 cm³/mol. The molecule has 1 aromatic carbocycles. The normalized spacial score (nSPS) is 17.9. The van der Waals surface area contributed by atoms with E-state index in [1.165, 1.54) is 12.1 Å². The van der Waals surface area contributed by atoms with E-state index >= 15 is 0 Å². The van der Waals surface area contributed by atoms with Gasteiger partial charge in [-0.15, -0.1) is 0 Å². The summed E-state index contributed by atoms with van der Waals surface area (Å²) in [5, 5.41) is 9.25. The van der Waals surface area contributed by atoms with Crippen LogP contribution in [0.1, 0.15) is 25.7 Å². The van der Waals surface area contributed by atoms with Crippen molar-refractivity contribution in [2.24, 2.45) is 0 Å². The van der Waals surface area contributed by atoms with Gasteiger partial charge < -0.3 is 14.7 Å². The number of rotatable bonds is 8. The van der Waals surface area contributed by atoms with E-state index < -0.39 is 12.0 Å². The van der Waals surface area contributed by atoms with Gasteiger partial charge in [0, 0.05) is 13.6 Å². The smallest absolute Gasteiger partial charge is 0.320 e. The standard InChI is InChI=1S/C18H25FN2O4/c1-20(10-4-12-25-15-8-6-14(19)7-9-15)17(22)13-21-11-3-2-5-16(21)18(23)24/h6-9,16H,2-5,10-13H2,1H3,(H,23,24). The van der Waals surface area contributed by atoms with E-state index in [0.29, 0.717) is 38.3 Å². The molecule has 1 N–H and O–H groups in total. The van der Waals surface area contributed by atoms with Crippen molar-refractivity contribution in [2.75, 3.05) is 33.3 Å². The molecule has 1 aromatic rings. The quantitative estimate of drug-likeness (QED) is 0.725. The summed E-state index contributed by atoms with van der Waals surface area (Å²) in [7, 11) is 1.71. The number of aliphatic carboxylic acids is 1. The summed E-state index contributed by atoms with van der Waals surface area (Å²) >= 11 is 0. The van der Waals surface area contributed by atoms with Gasteiger partial charge in [0.05, 0.1) is 13.2 Å². The summed E-state index contributed by atoms with van der Waals surface area (Å²) in [5.41, 5.74) is 0. The van der Waals surface area contributed by atoms with Crippen LogP contribution in [0.4, 0.5) is 4.39 Å². The highest BCUT2D eigenvalue weighted by molar-refractivity contribution is 5.80. The molecular weight excluding hydrogens is 327 g/mol. The number of carbonyl (C=O) groups excluding carboxylic acids is 1. The number of carboxylic acid groups (broad SMARTS) is 1. The Hall–Kier alpha value is -2.15.